The first kappa shape index (κ1) is 15.2. The summed E-state index contributed by atoms with van der Waals surface area (Å²) in [5.74, 6) is 0. The van der Waals surface area contributed by atoms with E-state index in [4.69, 9.17) is 0 Å². The first-order valence-electron chi connectivity index (χ1n) is 8.49. The molecule has 1 aliphatic rings. The van der Waals surface area contributed by atoms with Crippen molar-refractivity contribution in [3.8, 4) is 0 Å². The molecule has 2 heteroatoms. The lowest BCUT2D eigenvalue weighted by atomic mass is 10.1. The van der Waals surface area contributed by atoms with Crippen molar-refractivity contribution in [2.75, 3.05) is 29.9 Å². The highest BCUT2D eigenvalue weighted by atomic mass is 15.2. The molecule has 1 aromatic carbocycles. The summed E-state index contributed by atoms with van der Waals surface area (Å²) in [4.78, 5) is 2.52. The van der Waals surface area contributed by atoms with Crippen molar-refractivity contribution in [2.24, 2.45) is 0 Å². The van der Waals surface area contributed by atoms with Crippen LogP contribution in [0.5, 0.6) is 0 Å². The topological polar surface area (TPSA) is 15.3 Å². The summed E-state index contributed by atoms with van der Waals surface area (Å²) in [6, 6.07) is 8.78. The first-order chi connectivity index (χ1) is 9.92. The number of benzene rings is 1. The first-order valence-corrected chi connectivity index (χ1v) is 8.49. The summed E-state index contributed by atoms with van der Waals surface area (Å²) in [7, 11) is 0. The van der Waals surface area contributed by atoms with Crippen LogP contribution in [-0.2, 0) is 0 Å². The Morgan fingerprint density at radius 1 is 0.950 bits per heavy atom. The molecule has 0 bridgehead atoms. The van der Waals surface area contributed by atoms with E-state index in [1.54, 1.807) is 0 Å². The van der Waals surface area contributed by atoms with Gasteiger partial charge in [-0.05, 0) is 31.4 Å². The highest BCUT2D eigenvalue weighted by molar-refractivity contribution is 5.70. The fraction of sp³-hybridized carbons (Fsp3) is 0.667. The van der Waals surface area contributed by atoms with Crippen LogP contribution in [0.2, 0.25) is 0 Å². The molecule has 0 unspecified atom stereocenters. The largest absolute Gasteiger partial charge is 0.383 e. The molecule has 0 atom stereocenters. The summed E-state index contributed by atoms with van der Waals surface area (Å²) >= 11 is 0. The summed E-state index contributed by atoms with van der Waals surface area (Å²) in [5, 5.41) is 3.64. The molecule has 1 N–H and O–H groups in total. The van der Waals surface area contributed by atoms with E-state index in [-0.39, 0.29) is 0 Å². The summed E-state index contributed by atoms with van der Waals surface area (Å²) in [6.45, 7) is 5.82. The maximum Gasteiger partial charge on any atom is 0.0602 e. The average Bonchev–Trinajstić information content (AvgIpc) is 3.01. The number of unbranched alkanes of at least 4 members (excludes halogenated alkanes) is 5. The van der Waals surface area contributed by atoms with Crippen LogP contribution in [0.25, 0.3) is 0 Å². The Bertz CT molecular complexity index is 369. The molecule has 1 saturated heterocycles. The average molecular weight is 274 g/mol. The second-order valence-corrected chi connectivity index (χ2v) is 5.91. The smallest absolute Gasteiger partial charge is 0.0602 e. The molecular weight excluding hydrogens is 244 g/mol. The van der Waals surface area contributed by atoms with Gasteiger partial charge in [-0.1, -0.05) is 51.2 Å². The quantitative estimate of drug-likeness (QED) is 0.633. The van der Waals surface area contributed by atoms with Gasteiger partial charge < -0.3 is 10.2 Å². The zero-order valence-electron chi connectivity index (χ0n) is 13.0. The van der Waals surface area contributed by atoms with Gasteiger partial charge in [-0.15, -0.1) is 0 Å². The second kappa shape index (κ2) is 8.89. The Kier molecular flexibility index (Phi) is 6.76. The third kappa shape index (κ3) is 4.73. The van der Waals surface area contributed by atoms with Gasteiger partial charge >= 0.3 is 0 Å². The molecule has 20 heavy (non-hydrogen) atoms. The summed E-state index contributed by atoms with van der Waals surface area (Å²) < 4.78 is 0. The minimum absolute atomic E-state index is 1.11. The van der Waals surface area contributed by atoms with Crippen molar-refractivity contribution in [2.45, 2.75) is 58.3 Å². The van der Waals surface area contributed by atoms with Gasteiger partial charge in [0.2, 0.25) is 0 Å². The van der Waals surface area contributed by atoms with Crippen LogP contribution in [-0.4, -0.2) is 19.6 Å². The highest BCUT2D eigenvalue weighted by Gasteiger charge is 2.14. The third-order valence-corrected chi connectivity index (χ3v) is 4.20. The van der Waals surface area contributed by atoms with Crippen LogP contribution in [0, 0.1) is 0 Å². The maximum atomic E-state index is 3.64. The van der Waals surface area contributed by atoms with Crippen LogP contribution in [0.15, 0.2) is 24.3 Å². The zero-order valence-corrected chi connectivity index (χ0v) is 13.0. The van der Waals surface area contributed by atoms with Crippen molar-refractivity contribution in [1.29, 1.82) is 0 Å². The number of rotatable bonds is 9. The minimum atomic E-state index is 1.11. The number of hydrogen-bond donors (Lipinski definition) is 1. The third-order valence-electron chi connectivity index (χ3n) is 4.20. The lowest BCUT2D eigenvalue weighted by Gasteiger charge is -2.22. The van der Waals surface area contributed by atoms with E-state index < -0.39 is 0 Å². The fourth-order valence-electron chi connectivity index (χ4n) is 2.99. The van der Waals surface area contributed by atoms with Crippen LogP contribution < -0.4 is 10.2 Å². The lowest BCUT2D eigenvalue weighted by molar-refractivity contribution is 0.617. The molecule has 1 aliphatic heterocycles. The van der Waals surface area contributed by atoms with E-state index in [9.17, 15) is 0 Å². The second-order valence-electron chi connectivity index (χ2n) is 5.91. The standard InChI is InChI=1S/C18H30N2/c1-2-3-4-5-6-9-14-19-17-12-7-8-13-18(17)20-15-10-11-16-20/h7-8,12-13,19H,2-6,9-11,14-16H2,1H3. The normalized spacial score (nSPS) is 14.8. The molecule has 1 fully saturated rings. The van der Waals surface area contributed by atoms with Gasteiger partial charge in [0.05, 0.1) is 11.4 Å². The van der Waals surface area contributed by atoms with Crippen LogP contribution in [0.3, 0.4) is 0 Å². The van der Waals surface area contributed by atoms with Crippen LogP contribution >= 0.6 is 0 Å². The maximum absolute atomic E-state index is 3.64. The van der Waals surface area contributed by atoms with Gasteiger partial charge in [0.25, 0.3) is 0 Å². The Labute approximate surface area is 124 Å². The predicted molar refractivity (Wildman–Crippen MR) is 89.8 cm³/mol. The zero-order chi connectivity index (χ0) is 14.0. The van der Waals surface area contributed by atoms with E-state index in [1.807, 2.05) is 0 Å². The number of hydrogen-bond acceptors (Lipinski definition) is 2. The number of nitrogens with zero attached hydrogens (tertiary/aromatic N) is 1. The summed E-state index contributed by atoms with van der Waals surface area (Å²) in [6.07, 6.45) is 10.9. The lowest BCUT2D eigenvalue weighted by Crippen LogP contribution is -2.19. The van der Waals surface area contributed by atoms with Crippen molar-refractivity contribution in [3.63, 3.8) is 0 Å². The molecule has 112 valence electrons. The molecule has 0 spiro atoms. The molecule has 1 heterocycles. The molecule has 0 radical (unpaired) electrons. The van der Waals surface area contributed by atoms with Crippen LogP contribution in [0.4, 0.5) is 11.4 Å². The highest BCUT2D eigenvalue weighted by Crippen LogP contribution is 2.28. The van der Waals surface area contributed by atoms with E-state index in [0.29, 0.717) is 0 Å². The van der Waals surface area contributed by atoms with Gasteiger partial charge in [-0.25, -0.2) is 0 Å². The minimum Gasteiger partial charge on any atom is -0.383 e. The Hall–Kier alpha value is -1.18. The molecule has 2 nitrogen and oxygen atoms in total. The van der Waals surface area contributed by atoms with Crippen molar-refractivity contribution in [1.82, 2.24) is 0 Å². The Balaban J connectivity index is 1.72. The van der Waals surface area contributed by atoms with E-state index in [1.165, 1.54) is 75.8 Å². The molecule has 2 rings (SSSR count). The number of nitrogens with one attached hydrogen (secondary N) is 1. The van der Waals surface area contributed by atoms with Gasteiger partial charge in [-0.2, -0.15) is 0 Å². The number of para-hydroxylation sites is 2. The van der Waals surface area contributed by atoms with Crippen molar-refractivity contribution in [3.05, 3.63) is 24.3 Å². The van der Waals surface area contributed by atoms with E-state index in [2.05, 4.69) is 41.4 Å². The molecule has 0 saturated carbocycles. The molecule has 0 amide bonds. The van der Waals surface area contributed by atoms with Gasteiger partial charge in [0.15, 0.2) is 0 Å². The molecule has 0 aromatic heterocycles. The van der Waals surface area contributed by atoms with Gasteiger partial charge in [0, 0.05) is 19.6 Å². The SMILES string of the molecule is CCCCCCCCNc1ccccc1N1CCCC1. The Morgan fingerprint density at radius 2 is 1.65 bits per heavy atom. The Morgan fingerprint density at radius 3 is 2.45 bits per heavy atom. The monoisotopic (exact) mass is 274 g/mol. The van der Waals surface area contributed by atoms with Crippen molar-refractivity contribution >= 4 is 11.4 Å². The summed E-state index contributed by atoms with van der Waals surface area (Å²) in [5.41, 5.74) is 2.72. The fourth-order valence-corrected chi connectivity index (χ4v) is 2.99. The van der Waals surface area contributed by atoms with Gasteiger partial charge in [-0.3, -0.25) is 0 Å². The number of anilines is 2. The van der Waals surface area contributed by atoms with Crippen LogP contribution in [0.1, 0.15) is 58.3 Å². The molecule has 0 aliphatic carbocycles. The van der Waals surface area contributed by atoms with Crippen molar-refractivity contribution < 1.29 is 0 Å². The predicted octanol–water partition coefficient (Wildman–Crippen LogP) is 5.06. The van der Waals surface area contributed by atoms with Gasteiger partial charge in [0.1, 0.15) is 0 Å². The molecular formula is C18H30N2. The molecule has 1 aromatic rings. The van der Waals surface area contributed by atoms with E-state index in [0.717, 1.165) is 6.54 Å². The van der Waals surface area contributed by atoms with E-state index >= 15 is 0 Å².